The topological polar surface area (TPSA) is 63.0 Å². The van der Waals surface area contributed by atoms with Crippen molar-refractivity contribution in [3.05, 3.63) is 36.5 Å². The Kier molecular flexibility index (Phi) is 3.38. The van der Waals surface area contributed by atoms with Gasteiger partial charge in [0.1, 0.15) is 12.0 Å². The van der Waals surface area contributed by atoms with Crippen LogP contribution in [0.5, 0.6) is 0 Å². The predicted octanol–water partition coefficient (Wildman–Crippen LogP) is 2.11. The summed E-state index contributed by atoms with van der Waals surface area (Å²) in [4.78, 5) is 4.13. The average molecular weight is 218 g/mol. The van der Waals surface area contributed by atoms with Gasteiger partial charge in [-0.25, -0.2) is 0 Å². The molecule has 0 spiro atoms. The smallest absolute Gasteiger partial charge is 0.124 e. The molecule has 84 valence electrons. The molecule has 16 heavy (non-hydrogen) atoms. The molecule has 0 amide bonds. The van der Waals surface area contributed by atoms with Crippen LogP contribution < -0.4 is 10.6 Å². The first kappa shape index (κ1) is 10.5. The van der Waals surface area contributed by atoms with Crippen molar-refractivity contribution < 1.29 is 4.52 Å². The molecule has 5 nitrogen and oxygen atoms in total. The van der Waals surface area contributed by atoms with Gasteiger partial charge >= 0.3 is 0 Å². The fraction of sp³-hybridized carbons (Fsp3) is 0.273. The second-order valence-electron chi connectivity index (χ2n) is 3.34. The number of nitrogens with zero attached hydrogens (tertiary/aromatic N) is 2. The molecular formula is C11H14N4O. The molecule has 2 aromatic heterocycles. The van der Waals surface area contributed by atoms with Gasteiger partial charge in [-0.3, -0.25) is 4.98 Å². The second kappa shape index (κ2) is 5.16. The number of anilines is 2. The molecule has 0 bridgehead atoms. The lowest BCUT2D eigenvalue weighted by Crippen LogP contribution is -2.02. The number of rotatable bonds is 5. The molecule has 0 atom stereocenters. The van der Waals surface area contributed by atoms with Crippen LogP contribution in [0.3, 0.4) is 0 Å². The van der Waals surface area contributed by atoms with Crippen LogP contribution >= 0.6 is 0 Å². The van der Waals surface area contributed by atoms with Crippen LogP contribution in [0.1, 0.15) is 12.6 Å². The quantitative estimate of drug-likeness (QED) is 0.804. The normalized spacial score (nSPS) is 10.1. The summed E-state index contributed by atoms with van der Waals surface area (Å²) in [7, 11) is 0. The van der Waals surface area contributed by atoms with Crippen LogP contribution in [-0.4, -0.2) is 16.7 Å². The van der Waals surface area contributed by atoms with Crippen LogP contribution in [0, 0.1) is 0 Å². The maximum Gasteiger partial charge on any atom is 0.124 e. The van der Waals surface area contributed by atoms with Gasteiger partial charge in [-0.05, 0) is 13.0 Å². The minimum atomic E-state index is 0.633. The average Bonchev–Trinajstić information content (AvgIpc) is 2.80. The molecule has 0 fully saturated rings. The summed E-state index contributed by atoms with van der Waals surface area (Å²) in [5, 5.41) is 10.2. The first-order valence-electron chi connectivity index (χ1n) is 5.20. The summed E-state index contributed by atoms with van der Waals surface area (Å²) in [6.07, 6.45) is 5.13. The summed E-state index contributed by atoms with van der Waals surface area (Å²) in [6.45, 7) is 3.57. The first-order chi connectivity index (χ1) is 7.88. The molecule has 0 unspecified atom stereocenters. The Bertz CT molecular complexity index is 427. The predicted molar refractivity (Wildman–Crippen MR) is 62.2 cm³/mol. The maximum atomic E-state index is 4.75. The Labute approximate surface area is 93.9 Å². The van der Waals surface area contributed by atoms with Crippen molar-refractivity contribution in [3.63, 3.8) is 0 Å². The van der Waals surface area contributed by atoms with E-state index in [1.165, 1.54) is 0 Å². The summed E-state index contributed by atoms with van der Waals surface area (Å²) in [5.74, 6) is 0. The number of hydrogen-bond acceptors (Lipinski definition) is 5. The van der Waals surface area contributed by atoms with Crippen molar-refractivity contribution >= 4 is 11.4 Å². The molecule has 0 radical (unpaired) electrons. The molecule has 0 aliphatic heterocycles. The number of pyridine rings is 1. The molecular weight excluding hydrogens is 204 g/mol. The lowest BCUT2D eigenvalue weighted by molar-refractivity contribution is 0.412. The molecule has 2 N–H and O–H groups in total. The van der Waals surface area contributed by atoms with Gasteiger partial charge in [-0.2, -0.15) is 0 Å². The summed E-state index contributed by atoms with van der Waals surface area (Å²) in [5.41, 5.74) is 2.84. The molecule has 0 aliphatic carbocycles. The van der Waals surface area contributed by atoms with E-state index in [9.17, 15) is 0 Å². The third-order valence-electron chi connectivity index (χ3n) is 2.08. The van der Waals surface area contributed by atoms with Crippen molar-refractivity contribution in [2.45, 2.75) is 13.5 Å². The maximum absolute atomic E-state index is 4.75. The van der Waals surface area contributed by atoms with E-state index < -0.39 is 0 Å². The van der Waals surface area contributed by atoms with E-state index in [0.29, 0.717) is 6.54 Å². The Morgan fingerprint density at radius 3 is 2.75 bits per heavy atom. The first-order valence-corrected chi connectivity index (χ1v) is 5.20. The van der Waals surface area contributed by atoms with Crippen LogP contribution in [0.15, 0.2) is 35.3 Å². The van der Waals surface area contributed by atoms with E-state index in [1.54, 1.807) is 18.7 Å². The Morgan fingerprint density at radius 1 is 1.25 bits per heavy atom. The largest absolute Gasteiger partial charge is 0.384 e. The van der Waals surface area contributed by atoms with Crippen molar-refractivity contribution in [2.75, 3.05) is 17.2 Å². The van der Waals surface area contributed by atoms with E-state index in [4.69, 9.17) is 4.52 Å². The fourth-order valence-electron chi connectivity index (χ4n) is 1.36. The highest BCUT2D eigenvalue weighted by molar-refractivity contribution is 5.53. The standard InChI is InChI=1S/C11H14N4O/c1-2-13-10-5-11(7-12-6-10)14-8-9-3-4-16-15-9/h3-7,13-14H,2,8H2,1H3. The Hall–Kier alpha value is -2.04. The highest BCUT2D eigenvalue weighted by Gasteiger charge is 1.98. The lowest BCUT2D eigenvalue weighted by Gasteiger charge is -2.06. The van der Waals surface area contributed by atoms with E-state index in [0.717, 1.165) is 23.6 Å². The van der Waals surface area contributed by atoms with Crippen molar-refractivity contribution in [2.24, 2.45) is 0 Å². The van der Waals surface area contributed by atoms with Crippen LogP contribution in [0.4, 0.5) is 11.4 Å². The monoisotopic (exact) mass is 218 g/mol. The third-order valence-corrected chi connectivity index (χ3v) is 2.08. The van der Waals surface area contributed by atoms with Gasteiger partial charge in [0.15, 0.2) is 0 Å². The van der Waals surface area contributed by atoms with Gasteiger partial charge in [0.05, 0.1) is 30.3 Å². The molecule has 0 aliphatic rings. The second-order valence-corrected chi connectivity index (χ2v) is 3.34. The fourth-order valence-corrected chi connectivity index (χ4v) is 1.36. The zero-order valence-corrected chi connectivity index (χ0v) is 9.10. The third kappa shape index (κ3) is 2.73. The van der Waals surface area contributed by atoms with Gasteiger partial charge in [0.25, 0.3) is 0 Å². The molecule has 0 aromatic carbocycles. The van der Waals surface area contributed by atoms with Crippen molar-refractivity contribution in [1.82, 2.24) is 10.1 Å². The molecule has 5 heteroatoms. The van der Waals surface area contributed by atoms with Crippen LogP contribution in [-0.2, 0) is 6.54 Å². The van der Waals surface area contributed by atoms with Gasteiger partial charge in [0, 0.05) is 12.6 Å². The summed E-state index contributed by atoms with van der Waals surface area (Å²) in [6, 6.07) is 3.84. The van der Waals surface area contributed by atoms with E-state index in [1.807, 2.05) is 12.1 Å². The zero-order chi connectivity index (χ0) is 11.2. The van der Waals surface area contributed by atoms with Gasteiger partial charge in [-0.15, -0.1) is 0 Å². The minimum Gasteiger partial charge on any atom is -0.384 e. The highest BCUT2D eigenvalue weighted by Crippen LogP contribution is 2.13. The van der Waals surface area contributed by atoms with Crippen LogP contribution in [0.2, 0.25) is 0 Å². The zero-order valence-electron chi connectivity index (χ0n) is 9.10. The highest BCUT2D eigenvalue weighted by atomic mass is 16.5. The van der Waals surface area contributed by atoms with Gasteiger partial charge in [-0.1, -0.05) is 5.16 Å². The molecule has 2 heterocycles. The minimum absolute atomic E-state index is 0.633. The molecule has 0 saturated carbocycles. The van der Waals surface area contributed by atoms with Gasteiger partial charge in [0.2, 0.25) is 0 Å². The lowest BCUT2D eigenvalue weighted by atomic mass is 10.3. The molecule has 0 saturated heterocycles. The van der Waals surface area contributed by atoms with Gasteiger partial charge < -0.3 is 15.2 Å². The van der Waals surface area contributed by atoms with E-state index >= 15 is 0 Å². The van der Waals surface area contributed by atoms with Crippen molar-refractivity contribution in [1.29, 1.82) is 0 Å². The van der Waals surface area contributed by atoms with Crippen LogP contribution in [0.25, 0.3) is 0 Å². The summed E-state index contributed by atoms with van der Waals surface area (Å²) >= 11 is 0. The Balaban J connectivity index is 1.96. The number of hydrogen-bond donors (Lipinski definition) is 2. The summed E-state index contributed by atoms with van der Waals surface area (Å²) < 4.78 is 4.75. The molecule has 2 rings (SSSR count). The number of nitrogens with one attached hydrogen (secondary N) is 2. The van der Waals surface area contributed by atoms with E-state index in [-0.39, 0.29) is 0 Å². The van der Waals surface area contributed by atoms with E-state index in [2.05, 4.69) is 27.7 Å². The SMILES string of the molecule is CCNc1cncc(NCc2ccon2)c1. The number of aromatic nitrogens is 2. The molecule has 2 aromatic rings. The van der Waals surface area contributed by atoms with Crippen molar-refractivity contribution in [3.8, 4) is 0 Å². The Morgan fingerprint density at radius 2 is 2.06 bits per heavy atom.